The molecule has 128 valence electrons. The molecule has 0 unspecified atom stereocenters. The standard InChI is InChI=1S/C18H16FN3O2S/c1-24-15-4-2-3-14(9-15)21-17(23)11-25-18-20-10-16(22-18)12-5-7-13(19)8-6-12/h2-10H,11H2,1H3,(H,20,22)(H,21,23). The summed E-state index contributed by atoms with van der Waals surface area (Å²) in [6.45, 7) is 0. The zero-order valence-electron chi connectivity index (χ0n) is 13.5. The Hall–Kier alpha value is -2.80. The van der Waals surface area contributed by atoms with E-state index in [0.29, 0.717) is 16.6 Å². The van der Waals surface area contributed by atoms with E-state index in [1.807, 2.05) is 12.1 Å². The molecule has 0 aliphatic heterocycles. The van der Waals surface area contributed by atoms with Crippen molar-refractivity contribution in [3.63, 3.8) is 0 Å². The van der Waals surface area contributed by atoms with E-state index in [0.717, 1.165) is 11.3 Å². The van der Waals surface area contributed by atoms with Crippen LogP contribution in [0.2, 0.25) is 0 Å². The molecule has 1 amide bonds. The highest BCUT2D eigenvalue weighted by Crippen LogP contribution is 2.22. The highest BCUT2D eigenvalue weighted by atomic mass is 32.2. The number of aromatic nitrogens is 2. The maximum absolute atomic E-state index is 13.0. The molecule has 2 aromatic carbocycles. The Morgan fingerprint density at radius 1 is 1.28 bits per heavy atom. The van der Waals surface area contributed by atoms with Gasteiger partial charge in [0, 0.05) is 11.8 Å². The number of carbonyl (C=O) groups is 1. The van der Waals surface area contributed by atoms with E-state index in [1.54, 1.807) is 37.6 Å². The van der Waals surface area contributed by atoms with Gasteiger partial charge in [0.15, 0.2) is 5.16 Å². The van der Waals surface area contributed by atoms with Gasteiger partial charge in [-0.3, -0.25) is 4.79 Å². The number of nitrogens with zero attached hydrogens (tertiary/aromatic N) is 1. The van der Waals surface area contributed by atoms with Crippen LogP contribution < -0.4 is 10.1 Å². The number of rotatable bonds is 6. The highest BCUT2D eigenvalue weighted by Gasteiger charge is 2.08. The number of anilines is 1. The van der Waals surface area contributed by atoms with Gasteiger partial charge in [0.05, 0.1) is 24.8 Å². The third-order valence-corrected chi connectivity index (χ3v) is 4.29. The third kappa shape index (κ3) is 4.60. The van der Waals surface area contributed by atoms with Crippen LogP contribution in [0.15, 0.2) is 59.9 Å². The van der Waals surface area contributed by atoms with Gasteiger partial charge >= 0.3 is 0 Å². The van der Waals surface area contributed by atoms with E-state index in [-0.39, 0.29) is 17.5 Å². The maximum Gasteiger partial charge on any atom is 0.234 e. The monoisotopic (exact) mass is 357 g/mol. The second-order valence-electron chi connectivity index (χ2n) is 5.18. The Labute approximate surface area is 148 Å². The van der Waals surface area contributed by atoms with Crippen LogP contribution in [-0.2, 0) is 4.79 Å². The summed E-state index contributed by atoms with van der Waals surface area (Å²) in [6, 6.07) is 13.3. The van der Waals surface area contributed by atoms with Gasteiger partial charge in [0.1, 0.15) is 11.6 Å². The van der Waals surface area contributed by atoms with Crippen LogP contribution in [0, 0.1) is 5.82 Å². The van der Waals surface area contributed by atoms with Gasteiger partial charge in [-0.25, -0.2) is 9.37 Å². The normalized spacial score (nSPS) is 10.5. The lowest BCUT2D eigenvalue weighted by Gasteiger charge is -2.06. The molecule has 0 atom stereocenters. The molecule has 0 spiro atoms. The van der Waals surface area contributed by atoms with E-state index in [1.165, 1.54) is 23.9 Å². The van der Waals surface area contributed by atoms with Crippen LogP contribution in [0.1, 0.15) is 0 Å². The number of hydrogen-bond donors (Lipinski definition) is 2. The van der Waals surface area contributed by atoms with Gasteiger partial charge in [-0.2, -0.15) is 0 Å². The predicted octanol–water partition coefficient (Wildman–Crippen LogP) is 3.96. The largest absolute Gasteiger partial charge is 0.497 e. The van der Waals surface area contributed by atoms with Crippen molar-refractivity contribution in [1.82, 2.24) is 9.97 Å². The summed E-state index contributed by atoms with van der Waals surface area (Å²) in [5, 5.41) is 3.43. The average Bonchev–Trinajstić information content (AvgIpc) is 3.10. The van der Waals surface area contributed by atoms with Crippen LogP contribution in [0.5, 0.6) is 5.75 Å². The van der Waals surface area contributed by atoms with Gasteiger partial charge in [0.2, 0.25) is 5.91 Å². The Balaban J connectivity index is 1.56. The molecule has 0 aliphatic carbocycles. The molecular weight excluding hydrogens is 341 g/mol. The Bertz CT molecular complexity index is 865. The van der Waals surface area contributed by atoms with Crippen molar-refractivity contribution < 1.29 is 13.9 Å². The maximum atomic E-state index is 13.0. The molecule has 5 nitrogen and oxygen atoms in total. The SMILES string of the molecule is COc1cccc(NC(=O)CSc2ncc(-c3ccc(F)cc3)[nH]2)c1. The molecule has 0 radical (unpaired) electrons. The lowest BCUT2D eigenvalue weighted by atomic mass is 10.2. The van der Waals surface area contributed by atoms with Crippen molar-refractivity contribution in [2.75, 3.05) is 18.2 Å². The summed E-state index contributed by atoms with van der Waals surface area (Å²) in [6.07, 6.45) is 1.66. The molecule has 0 bridgehead atoms. The molecule has 2 N–H and O–H groups in total. The van der Waals surface area contributed by atoms with Crippen molar-refractivity contribution in [2.45, 2.75) is 5.16 Å². The molecule has 0 fully saturated rings. The second-order valence-corrected chi connectivity index (χ2v) is 6.14. The van der Waals surface area contributed by atoms with E-state index in [9.17, 15) is 9.18 Å². The molecule has 1 heterocycles. The lowest BCUT2D eigenvalue weighted by Crippen LogP contribution is -2.14. The zero-order chi connectivity index (χ0) is 17.6. The molecule has 3 rings (SSSR count). The lowest BCUT2D eigenvalue weighted by molar-refractivity contribution is -0.113. The molecule has 7 heteroatoms. The fourth-order valence-corrected chi connectivity index (χ4v) is 2.83. The van der Waals surface area contributed by atoms with E-state index < -0.39 is 0 Å². The average molecular weight is 357 g/mol. The number of methoxy groups -OCH3 is 1. The van der Waals surface area contributed by atoms with Crippen molar-refractivity contribution >= 4 is 23.4 Å². The van der Waals surface area contributed by atoms with Crippen molar-refractivity contribution in [3.05, 3.63) is 60.5 Å². The predicted molar refractivity (Wildman–Crippen MR) is 96.3 cm³/mol. The summed E-state index contributed by atoms with van der Waals surface area (Å²) in [5.41, 5.74) is 2.29. The Kier molecular flexibility index (Phi) is 5.35. The first kappa shape index (κ1) is 17.0. The van der Waals surface area contributed by atoms with Crippen molar-refractivity contribution in [2.24, 2.45) is 0 Å². The van der Waals surface area contributed by atoms with E-state index in [2.05, 4.69) is 15.3 Å². The summed E-state index contributed by atoms with van der Waals surface area (Å²) in [7, 11) is 1.58. The molecule has 0 saturated heterocycles. The number of nitrogens with one attached hydrogen (secondary N) is 2. The topological polar surface area (TPSA) is 67.0 Å². The molecule has 25 heavy (non-hydrogen) atoms. The molecule has 3 aromatic rings. The van der Waals surface area contributed by atoms with Gasteiger partial charge in [-0.1, -0.05) is 17.8 Å². The van der Waals surface area contributed by atoms with E-state index >= 15 is 0 Å². The third-order valence-electron chi connectivity index (χ3n) is 3.40. The Morgan fingerprint density at radius 3 is 2.84 bits per heavy atom. The highest BCUT2D eigenvalue weighted by molar-refractivity contribution is 7.99. The molecule has 0 aliphatic rings. The Morgan fingerprint density at radius 2 is 2.08 bits per heavy atom. The van der Waals surface area contributed by atoms with Gasteiger partial charge < -0.3 is 15.0 Å². The van der Waals surface area contributed by atoms with Crippen LogP contribution in [0.3, 0.4) is 0 Å². The number of aromatic amines is 1. The van der Waals surface area contributed by atoms with Gasteiger partial charge in [0.25, 0.3) is 0 Å². The number of halogens is 1. The van der Waals surface area contributed by atoms with Gasteiger partial charge in [-0.05, 0) is 42.0 Å². The number of ether oxygens (including phenoxy) is 1. The van der Waals surface area contributed by atoms with E-state index in [4.69, 9.17) is 4.74 Å². The minimum atomic E-state index is -0.285. The summed E-state index contributed by atoms with van der Waals surface area (Å²) >= 11 is 1.29. The minimum absolute atomic E-state index is 0.141. The smallest absolute Gasteiger partial charge is 0.234 e. The fraction of sp³-hybridized carbons (Fsp3) is 0.111. The number of imidazole rings is 1. The summed E-state index contributed by atoms with van der Waals surface area (Å²) in [4.78, 5) is 19.4. The number of H-pyrrole nitrogens is 1. The molecular formula is C18H16FN3O2S. The first-order valence-electron chi connectivity index (χ1n) is 7.52. The molecule has 1 aromatic heterocycles. The van der Waals surface area contributed by atoms with Crippen molar-refractivity contribution in [3.8, 4) is 17.0 Å². The van der Waals surface area contributed by atoms with Crippen LogP contribution in [0.25, 0.3) is 11.3 Å². The van der Waals surface area contributed by atoms with Crippen LogP contribution in [-0.4, -0.2) is 28.7 Å². The van der Waals surface area contributed by atoms with Gasteiger partial charge in [-0.15, -0.1) is 0 Å². The van der Waals surface area contributed by atoms with Crippen molar-refractivity contribution in [1.29, 1.82) is 0 Å². The summed E-state index contributed by atoms with van der Waals surface area (Å²) < 4.78 is 18.1. The van der Waals surface area contributed by atoms with Crippen LogP contribution in [0.4, 0.5) is 10.1 Å². The molecule has 0 saturated carbocycles. The first-order valence-corrected chi connectivity index (χ1v) is 8.50. The number of benzene rings is 2. The quantitative estimate of drug-likeness (QED) is 0.656. The minimum Gasteiger partial charge on any atom is -0.497 e. The number of amides is 1. The second kappa shape index (κ2) is 7.85. The van der Waals surface area contributed by atoms with Crippen LogP contribution >= 0.6 is 11.8 Å². The fourth-order valence-electron chi connectivity index (χ4n) is 2.18. The number of hydrogen-bond acceptors (Lipinski definition) is 4. The first-order chi connectivity index (χ1) is 12.1. The zero-order valence-corrected chi connectivity index (χ0v) is 14.3. The summed E-state index contributed by atoms with van der Waals surface area (Å²) in [5.74, 6) is 0.471. The number of carbonyl (C=O) groups excluding carboxylic acids is 1. The number of thioether (sulfide) groups is 1.